The first-order valence-corrected chi connectivity index (χ1v) is 4.92. The lowest BCUT2D eigenvalue weighted by Crippen LogP contribution is -2.34. The van der Waals surface area contributed by atoms with Crippen molar-refractivity contribution in [2.45, 2.75) is 46.1 Å². The Balaban J connectivity index is 2.37. The molecule has 0 heterocycles. The Bertz CT molecular complexity index is 163. The maximum absolute atomic E-state index is 11.2. The predicted molar refractivity (Wildman–Crippen MR) is 49.9 cm³/mol. The van der Waals surface area contributed by atoms with Crippen molar-refractivity contribution >= 4 is 5.91 Å². The zero-order valence-corrected chi connectivity index (χ0v) is 8.34. The van der Waals surface area contributed by atoms with E-state index >= 15 is 0 Å². The molecule has 0 saturated heterocycles. The van der Waals surface area contributed by atoms with E-state index in [0.717, 1.165) is 13.0 Å². The van der Waals surface area contributed by atoms with Gasteiger partial charge in [-0.3, -0.25) is 4.79 Å². The van der Waals surface area contributed by atoms with Crippen LogP contribution in [0.15, 0.2) is 0 Å². The van der Waals surface area contributed by atoms with Crippen LogP contribution in [0.1, 0.15) is 40.0 Å². The minimum atomic E-state index is 0.248. The minimum Gasteiger partial charge on any atom is -0.340 e. The molecule has 0 aromatic carbocycles. The molecular weight excluding hydrogens is 150 g/mol. The SMILES string of the molecule is CC[C@H](C)CN(C(C)=O)C1CC1. The lowest BCUT2D eigenvalue weighted by Gasteiger charge is -2.23. The molecule has 0 aliphatic heterocycles. The summed E-state index contributed by atoms with van der Waals surface area (Å²) in [5.41, 5.74) is 0. The number of hydrogen-bond donors (Lipinski definition) is 0. The first-order valence-electron chi connectivity index (χ1n) is 4.92. The summed E-state index contributed by atoms with van der Waals surface area (Å²) < 4.78 is 0. The van der Waals surface area contributed by atoms with Crippen LogP contribution in [0.3, 0.4) is 0 Å². The molecule has 0 radical (unpaired) electrons. The van der Waals surface area contributed by atoms with E-state index in [1.54, 1.807) is 6.92 Å². The first-order chi connectivity index (χ1) is 5.65. The molecule has 12 heavy (non-hydrogen) atoms. The average molecular weight is 169 g/mol. The highest BCUT2D eigenvalue weighted by atomic mass is 16.2. The highest BCUT2D eigenvalue weighted by molar-refractivity contribution is 5.73. The lowest BCUT2D eigenvalue weighted by atomic mass is 10.1. The lowest BCUT2D eigenvalue weighted by molar-refractivity contribution is -0.130. The van der Waals surface area contributed by atoms with Gasteiger partial charge in [0.1, 0.15) is 0 Å². The third-order valence-electron chi connectivity index (χ3n) is 2.60. The zero-order chi connectivity index (χ0) is 9.14. The van der Waals surface area contributed by atoms with Gasteiger partial charge in [-0.15, -0.1) is 0 Å². The molecule has 70 valence electrons. The quantitative estimate of drug-likeness (QED) is 0.630. The molecule has 0 aromatic heterocycles. The fraction of sp³-hybridized carbons (Fsp3) is 0.900. The zero-order valence-electron chi connectivity index (χ0n) is 8.34. The van der Waals surface area contributed by atoms with Gasteiger partial charge < -0.3 is 4.90 Å². The van der Waals surface area contributed by atoms with Gasteiger partial charge in [-0.05, 0) is 18.8 Å². The van der Waals surface area contributed by atoms with Gasteiger partial charge in [-0.25, -0.2) is 0 Å². The number of nitrogens with zero attached hydrogens (tertiary/aromatic N) is 1. The van der Waals surface area contributed by atoms with Gasteiger partial charge >= 0.3 is 0 Å². The van der Waals surface area contributed by atoms with E-state index in [1.807, 2.05) is 4.90 Å². The second-order valence-corrected chi connectivity index (χ2v) is 3.92. The van der Waals surface area contributed by atoms with Crippen molar-refractivity contribution < 1.29 is 4.79 Å². The highest BCUT2D eigenvalue weighted by Gasteiger charge is 2.31. The van der Waals surface area contributed by atoms with E-state index in [4.69, 9.17) is 0 Å². The third kappa shape index (κ3) is 2.50. The van der Waals surface area contributed by atoms with Gasteiger partial charge in [-0.2, -0.15) is 0 Å². The van der Waals surface area contributed by atoms with Gasteiger partial charge in [-0.1, -0.05) is 20.3 Å². The van der Waals surface area contributed by atoms with Crippen LogP contribution < -0.4 is 0 Å². The molecule has 1 atom stereocenters. The Morgan fingerprint density at radius 2 is 2.17 bits per heavy atom. The molecule has 1 amide bonds. The molecule has 2 heteroatoms. The topological polar surface area (TPSA) is 20.3 Å². The maximum Gasteiger partial charge on any atom is 0.219 e. The molecule has 0 N–H and O–H groups in total. The van der Waals surface area contributed by atoms with Crippen LogP contribution in [0, 0.1) is 5.92 Å². The standard InChI is InChI=1S/C10H19NO/c1-4-8(2)7-11(9(3)12)10-5-6-10/h8,10H,4-7H2,1-3H3/t8-/m0/s1. The average Bonchev–Trinajstić information content (AvgIpc) is 2.81. The Hall–Kier alpha value is -0.530. The van der Waals surface area contributed by atoms with Crippen molar-refractivity contribution in [2.75, 3.05) is 6.54 Å². The molecule has 0 bridgehead atoms. The summed E-state index contributed by atoms with van der Waals surface area (Å²) >= 11 is 0. The van der Waals surface area contributed by atoms with Crippen molar-refractivity contribution in [3.05, 3.63) is 0 Å². The van der Waals surface area contributed by atoms with Crippen molar-refractivity contribution in [1.29, 1.82) is 0 Å². The summed E-state index contributed by atoms with van der Waals surface area (Å²) in [5, 5.41) is 0. The van der Waals surface area contributed by atoms with E-state index in [2.05, 4.69) is 13.8 Å². The van der Waals surface area contributed by atoms with E-state index in [-0.39, 0.29) is 5.91 Å². The fourth-order valence-corrected chi connectivity index (χ4v) is 1.39. The number of amides is 1. The highest BCUT2D eigenvalue weighted by Crippen LogP contribution is 2.27. The molecule has 1 aliphatic rings. The Kier molecular flexibility index (Phi) is 3.12. The van der Waals surface area contributed by atoms with Gasteiger partial charge in [0.25, 0.3) is 0 Å². The predicted octanol–water partition coefficient (Wildman–Crippen LogP) is 2.04. The van der Waals surface area contributed by atoms with Crippen LogP contribution >= 0.6 is 0 Å². The first kappa shape index (κ1) is 9.56. The van der Waals surface area contributed by atoms with Gasteiger partial charge in [0.15, 0.2) is 0 Å². The summed E-state index contributed by atoms with van der Waals surface area (Å²) in [7, 11) is 0. The third-order valence-corrected chi connectivity index (χ3v) is 2.60. The Labute approximate surface area is 74.9 Å². The molecule has 0 unspecified atom stereocenters. The van der Waals surface area contributed by atoms with E-state index in [1.165, 1.54) is 12.8 Å². The van der Waals surface area contributed by atoms with E-state index in [9.17, 15) is 4.79 Å². The summed E-state index contributed by atoms with van der Waals surface area (Å²) in [6, 6.07) is 0.580. The Morgan fingerprint density at radius 1 is 1.58 bits per heavy atom. The van der Waals surface area contributed by atoms with Crippen LogP contribution in [0.25, 0.3) is 0 Å². The fourth-order valence-electron chi connectivity index (χ4n) is 1.39. The molecular formula is C10H19NO. The molecule has 0 aromatic rings. The monoisotopic (exact) mass is 169 g/mol. The number of rotatable bonds is 4. The largest absolute Gasteiger partial charge is 0.340 e. The second-order valence-electron chi connectivity index (χ2n) is 3.92. The molecule has 0 spiro atoms. The van der Waals surface area contributed by atoms with Crippen molar-refractivity contribution in [3.8, 4) is 0 Å². The van der Waals surface area contributed by atoms with Crippen LogP contribution in [0.2, 0.25) is 0 Å². The molecule has 1 rings (SSSR count). The van der Waals surface area contributed by atoms with E-state index < -0.39 is 0 Å². The summed E-state index contributed by atoms with van der Waals surface area (Å²) in [5.74, 6) is 0.896. The van der Waals surface area contributed by atoms with Crippen molar-refractivity contribution in [3.63, 3.8) is 0 Å². The summed E-state index contributed by atoms with van der Waals surface area (Å²) in [4.78, 5) is 13.2. The number of carbonyl (C=O) groups is 1. The Morgan fingerprint density at radius 3 is 2.50 bits per heavy atom. The van der Waals surface area contributed by atoms with Crippen LogP contribution in [-0.2, 0) is 4.79 Å². The summed E-state index contributed by atoms with van der Waals surface area (Å²) in [6.45, 7) is 7.02. The molecule has 1 saturated carbocycles. The second kappa shape index (κ2) is 3.92. The summed E-state index contributed by atoms with van der Waals surface area (Å²) in [6.07, 6.45) is 3.60. The molecule has 1 fully saturated rings. The smallest absolute Gasteiger partial charge is 0.219 e. The van der Waals surface area contributed by atoms with Crippen LogP contribution in [-0.4, -0.2) is 23.4 Å². The maximum atomic E-state index is 11.2. The molecule has 1 aliphatic carbocycles. The van der Waals surface area contributed by atoms with Crippen LogP contribution in [0.4, 0.5) is 0 Å². The number of hydrogen-bond acceptors (Lipinski definition) is 1. The van der Waals surface area contributed by atoms with Gasteiger partial charge in [0.05, 0.1) is 0 Å². The number of carbonyl (C=O) groups excluding carboxylic acids is 1. The van der Waals surface area contributed by atoms with Crippen molar-refractivity contribution in [2.24, 2.45) is 5.92 Å². The van der Waals surface area contributed by atoms with Gasteiger partial charge in [0.2, 0.25) is 5.91 Å². The van der Waals surface area contributed by atoms with Gasteiger partial charge in [0, 0.05) is 19.5 Å². The normalized spacial score (nSPS) is 18.9. The van der Waals surface area contributed by atoms with E-state index in [0.29, 0.717) is 12.0 Å². The molecule has 2 nitrogen and oxygen atoms in total. The van der Waals surface area contributed by atoms with Crippen LogP contribution in [0.5, 0.6) is 0 Å². The minimum absolute atomic E-state index is 0.248. The van der Waals surface area contributed by atoms with Crippen molar-refractivity contribution in [1.82, 2.24) is 4.90 Å².